The molecule has 2 aromatic carbocycles. The van der Waals surface area contributed by atoms with Crippen LogP contribution in [-0.2, 0) is 24.7 Å². The van der Waals surface area contributed by atoms with Crippen LogP contribution in [0.5, 0.6) is 0 Å². The maximum atomic E-state index is 13.9. The molecule has 0 spiro atoms. The molecule has 3 aromatic rings. The molecular formula is C27H27ClF2N4O2. The summed E-state index contributed by atoms with van der Waals surface area (Å²) < 4.78 is 29.4. The van der Waals surface area contributed by atoms with Gasteiger partial charge in [-0.25, -0.2) is 8.78 Å². The smallest absolute Gasteiger partial charge is 0.255 e. The standard InChI is InChI=1S/C27H27ClF2N4O2/c1-15-25-22(26(33(2)32-25)18-11-19(29)13-20(30)12-18)7-8-34(15)27(36)21-6-5-16(9-23(21)28)3-4-17-10-24(35)31-14-17/h5-6,9,11-13,15,17H,3-4,7-8,10,14H2,1-2H3,(H,31,35)/t15-,17?/m0/s1. The van der Waals surface area contributed by atoms with Gasteiger partial charge in [0.25, 0.3) is 5.91 Å². The lowest BCUT2D eigenvalue weighted by molar-refractivity contribution is -0.119. The molecule has 2 atom stereocenters. The number of aryl methyl sites for hydroxylation is 2. The molecule has 0 aliphatic carbocycles. The SMILES string of the molecule is C[C@H]1c2nn(C)c(-c3cc(F)cc(F)c3)c2CCN1C(=O)c1ccc(CCC2CNC(=O)C2)cc1Cl. The zero-order valence-corrected chi connectivity index (χ0v) is 20.9. The van der Waals surface area contributed by atoms with Crippen molar-refractivity contribution in [2.45, 2.75) is 38.6 Å². The molecule has 0 radical (unpaired) electrons. The van der Waals surface area contributed by atoms with Crippen LogP contribution >= 0.6 is 11.6 Å². The fourth-order valence-corrected chi connectivity index (χ4v) is 5.64. The minimum atomic E-state index is -0.646. The summed E-state index contributed by atoms with van der Waals surface area (Å²) in [5, 5.41) is 7.86. The Labute approximate surface area is 213 Å². The highest BCUT2D eigenvalue weighted by molar-refractivity contribution is 6.33. The first kappa shape index (κ1) is 24.4. The molecule has 2 amide bonds. The van der Waals surface area contributed by atoms with Crippen LogP contribution < -0.4 is 5.32 Å². The van der Waals surface area contributed by atoms with Gasteiger partial charge >= 0.3 is 0 Å². The highest BCUT2D eigenvalue weighted by Gasteiger charge is 2.34. The second kappa shape index (κ2) is 9.65. The number of carbonyl (C=O) groups excluding carboxylic acids is 2. The molecule has 5 rings (SSSR count). The molecule has 1 saturated heterocycles. The summed E-state index contributed by atoms with van der Waals surface area (Å²) in [6.07, 6.45) is 2.74. The third-order valence-electron chi connectivity index (χ3n) is 7.21. The number of carbonyl (C=O) groups is 2. The van der Waals surface area contributed by atoms with Gasteiger partial charge in [-0.2, -0.15) is 5.10 Å². The molecule has 6 nitrogen and oxygen atoms in total. The quantitative estimate of drug-likeness (QED) is 0.531. The van der Waals surface area contributed by atoms with Gasteiger partial charge < -0.3 is 10.2 Å². The number of hydrogen-bond donors (Lipinski definition) is 1. The summed E-state index contributed by atoms with van der Waals surface area (Å²) in [7, 11) is 1.74. The van der Waals surface area contributed by atoms with Crippen LogP contribution in [0.1, 0.15) is 53.0 Å². The lowest BCUT2D eigenvalue weighted by Crippen LogP contribution is -2.39. The van der Waals surface area contributed by atoms with Crippen molar-refractivity contribution >= 4 is 23.4 Å². The molecule has 3 heterocycles. The zero-order valence-electron chi connectivity index (χ0n) is 20.2. The summed E-state index contributed by atoms with van der Waals surface area (Å²) in [6.45, 7) is 3.05. The highest BCUT2D eigenvalue weighted by Crippen LogP contribution is 2.37. The Bertz CT molecular complexity index is 1340. The second-order valence-corrected chi connectivity index (χ2v) is 10.1. The average Bonchev–Trinajstić information content (AvgIpc) is 3.39. The van der Waals surface area contributed by atoms with Gasteiger partial charge in [0.05, 0.1) is 28.0 Å². The van der Waals surface area contributed by atoms with E-state index in [0.29, 0.717) is 59.4 Å². The number of halogens is 3. The first-order chi connectivity index (χ1) is 17.2. The molecular weight excluding hydrogens is 486 g/mol. The molecule has 1 N–H and O–H groups in total. The Kier molecular flexibility index (Phi) is 6.55. The van der Waals surface area contributed by atoms with Crippen LogP contribution in [0.4, 0.5) is 8.78 Å². The minimum Gasteiger partial charge on any atom is -0.356 e. The van der Waals surface area contributed by atoms with E-state index in [1.807, 2.05) is 19.1 Å². The molecule has 1 unspecified atom stereocenters. The fraction of sp³-hybridized carbons (Fsp3) is 0.370. The van der Waals surface area contributed by atoms with Gasteiger partial charge in [-0.3, -0.25) is 14.3 Å². The number of nitrogens with zero attached hydrogens (tertiary/aromatic N) is 3. The fourth-order valence-electron chi connectivity index (χ4n) is 5.36. The number of benzene rings is 2. The maximum absolute atomic E-state index is 13.9. The maximum Gasteiger partial charge on any atom is 0.255 e. The average molecular weight is 513 g/mol. The summed E-state index contributed by atoms with van der Waals surface area (Å²) in [5.41, 5.74) is 4.14. The molecule has 0 bridgehead atoms. The molecule has 1 aromatic heterocycles. The lowest BCUT2D eigenvalue weighted by Gasteiger charge is -2.33. The van der Waals surface area contributed by atoms with E-state index < -0.39 is 11.6 Å². The molecule has 2 aliphatic heterocycles. The van der Waals surface area contributed by atoms with Gasteiger partial charge in [-0.15, -0.1) is 0 Å². The van der Waals surface area contributed by atoms with Crippen LogP contribution in [0.3, 0.4) is 0 Å². The van der Waals surface area contributed by atoms with E-state index >= 15 is 0 Å². The van der Waals surface area contributed by atoms with E-state index in [9.17, 15) is 18.4 Å². The number of hydrogen-bond acceptors (Lipinski definition) is 3. The Balaban J connectivity index is 1.34. The molecule has 36 heavy (non-hydrogen) atoms. The van der Waals surface area contributed by atoms with Crippen LogP contribution in [0.15, 0.2) is 36.4 Å². The molecule has 1 fully saturated rings. The van der Waals surface area contributed by atoms with Crippen molar-refractivity contribution in [2.24, 2.45) is 13.0 Å². The monoisotopic (exact) mass is 512 g/mol. The first-order valence-corrected chi connectivity index (χ1v) is 12.5. The van der Waals surface area contributed by atoms with Gasteiger partial charge in [-0.05, 0) is 61.9 Å². The largest absolute Gasteiger partial charge is 0.356 e. The van der Waals surface area contributed by atoms with Crippen LogP contribution in [0.2, 0.25) is 5.02 Å². The summed E-state index contributed by atoms with van der Waals surface area (Å²) in [6, 6.07) is 8.62. The van der Waals surface area contributed by atoms with Crippen LogP contribution in [-0.4, -0.2) is 39.6 Å². The van der Waals surface area contributed by atoms with Crippen molar-refractivity contribution in [3.05, 3.63) is 75.4 Å². The number of aromatic nitrogens is 2. The number of nitrogens with one attached hydrogen (secondary N) is 1. The van der Waals surface area contributed by atoms with Crippen LogP contribution in [0.25, 0.3) is 11.3 Å². The summed E-state index contributed by atoms with van der Waals surface area (Å²) >= 11 is 6.54. The minimum absolute atomic E-state index is 0.0981. The van der Waals surface area contributed by atoms with E-state index in [1.54, 1.807) is 22.7 Å². The third-order valence-corrected chi connectivity index (χ3v) is 7.52. The molecule has 0 saturated carbocycles. The molecule has 188 valence electrons. The van der Waals surface area contributed by atoms with Crippen LogP contribution in [0, 0.1) is 17.6 Å². The Morgan fingerprint density at radius 2 is 1.94 bits per heavy atom. The van der Waals surface area contributed by atoms with Crippen molar-refractivity contribution in [1.82, 2.24) is 20.0 Å². The topological polar surface area (TPSA) is 67.2 Å². The lowest BCUT2D eigenvalue weighted by atomic mass is 9.94. The van der Waals surface area contributed by atoms with Crippen molar-refractivity contribution in [3.8, 4) is 11.3 Å². The number of rotatable bonds is 5. The second-order valence-electron chi connectivity index (χ2n) is 9.65. The third kappa shape index (κ3) is 4.62. The van der Waals surface area contributed by atoms with E-state index in [-0.39, 0.29) is 17.9 Å². The van der Waals surface area contributed by atoms with Gasteiger partial charge in [0.1, 0.15) is 11.6 Å². The molecule has 9 heteroatoms. The van der Waals surface area contributed by atoms with Crippen molar-refractivity contribution in [3.63, 3.8) is 0 Å². The summed E-state index contributed by atoms with van der Waals surface area (Å²) in [4.78, 5) is 26.6. The Hall–Kier alpha value is -3.26. The first-order valence-electron chi connectivity index (χ1n) is 12.1. The normalized spacial score (nSPS) is 19.4. The predicted octanol–water partition coefficient (Wildman–Crippen LogP) is 4.85. The zero-order chi connectivity index (χ0) is 25.6. The Morgan fingerprint density at radius 1 is 1.19 bits per heavy atom. The van der Waals surface area contributed by atoms with E-state index in [1.165, 1.54) is 12.1 Å². The van der Waals surface area contributed by atoms with E-state index in [2.05, 4.69) is 10.4 Å². The number of amides is 2. The Morgan fingerprint density at radius 3 is 2.61 bits per heavy atom. The highest BCUT2D eigenvalue weighted by atomic mass is 35.5. The van der Waals surface area contributed by atoms with Crippen molar-refractivity contribution in [2.75, 3.05) is 13.1 Å². The van der Waals surface area contributed by atoms with Gasteiger partial charge in [0, 0.05) is 43.8 Å². The van der Waals surface area contributed by atoms with Gasteiger partial charge in [0.15, 0.2) is 0 Å². The number of fused-ring (bicyclic) bond motifs is 1. The van der Waals surface area contributed by atoms with E-state index in [0.717, 1.165) is 30.0 Å². The van der Waals surface area contributed by atoms with E-state index in [4.69, 9.17) is 11.6 Å². The van der Waals surface area contributed by atoms with Crippen molar-refractivity contribution < 1.29 is 18.4 Å². The summed E-state index contributed by atoms with van der Waals surface area (Å²) in [5.74, 6) is -1.05. The molecule has 2 aliphatic rings. The predicted molar refractivity (Wildman–Crippen MR) is 133 cm³/mol. The van der Waals surface area contributed by atoms with Crippen molar-refractivity contribution in [1.29, 1.82) is 0 Å². The van der Waals surface area contributed by atoms with Gasteiger partial charge in [-0.1, -0.05) is 17.7 Å². The van der Waals surface area contributed by atoms with Gasteiger partial charge in [0.2, 0.25) is 5.91 Å².